The molecule has 3 rings (SSSR count). The van der Waals surface area contributed by atoms with Gasteiger partial charge < -0.3 is 0 Å². The second-order valence-corrected chi connectivity index (χ2v) is 7.97. The van der Waals surface area contributed by atoms with E-state index >= 15 is 0 Å². The van der Waals surface area contributed by atoms with E-state index in [2.05, 4.69) is 31.2 Å². The Bertz CT molecular complexity index is 445. The molecule has 1 aliphatic heterocycles. The number of benzene rings is 1. The van der Waals surface area contributed by atoms with Crippen LogP contribution in [-0.4, -0.2) is 27.8 Å². The van der Waals surface area contributed by atoms with Crippen molar-refractivity contribution in [3.63, 3.8) is 0 Å². The highest BCUT2D eigenvalue weighted by molar-refractivity contribution is 8.07. The predicted octanol–water partition coefficient (Wildman–Crippen LogP) is 3.99. The number of ketones is 1. The zero-order valence-electron chi connectivity index (χ0n) is 11.2. The summed E-state index contributed by atoms with van der Waals surface area (Å²) in [6, 6.07) is 10.5. The highest BCUT2D eigenvalue weighted by Crippen LogP contribution is 2.50. The second kappa shape index (κ2) is 5.92. The number of Topliss-reactive ketones (excluding diaryl/α,β-unsaturated/α-hetero) is 1. The third kappa shape index (κ3) is 2.87. The lowest BCUT2D eigenvalue weighted by Gasteiger charge is -2.28. The van der Waals surface area contributed by atoms with E-state index in [4.69, 9.17) is 0 Å². The Morgan fingerprint density at radius 3 is 2.68 bits per heavy atom. The molecule has 1 heterocycles. The monoisotopic (exact) mass is 292 g/mol. The molecule has 0 spiro atoms. The molecule has 0 amide bonds. The van der Waals surface area contributed by atoms with E-state index in [0.717, 1.165) is 18.6 Å². The molecule has 1 aliphatic carbocycles. The molecule has 3 heteroatoms. The molecule has 102 valence electrons. The fourth-order valence-corrected chi connectivity index (χ4v) is 6.04. The van der Waals surface area contributed by atoms with Crippen LogP contribution in [0.2, 0.25) is 0 Å². The lowest BCUT2D eigenvalue weighted by Crippen LogP contribution is -2.34. The molecule has 2 aliphatic rings. The molecule has 0 radical (unpaired) electrons. The minimum absolute atomic E-state index is 0.252. The average molecular weight is 292 g/mol. The average Bonchev–Trinajstić information content (AvgIpc) is 3.28. The van der Waals surface area contributed by atoms with E-state index in [9.17, 15) is 4.79 Å². The van der Waals surface area contributed by atoms with Crippen LogP contribution >= 0.6 is 23.5 Å². The van der Waals surface area contributed by atoms with Crippen LogP contribution in [-0.2, 0) is 4.79 Å². The first-order chi connectivity index (χ1) is 9.31. The quantitative estimate of drug-likeness (QED) is 0.835. The minimum atomic E-state index is 0.252. The molecule has 1 nitrogen and oxygen atoms in total. The normalized spacial score (nSPS) is 33.9. The fraction of sp³-hybridized carbons (Fsp3) is 0.562. The van der Waals surface area contributed by atoms with Crippen LogP contribution in [0.4, 0.5) is 0 Å². The standard InChI is InChI=1S/C16H20OS2/c1-2-14-16(19-9-8-18-14)15(17)13-10-12(13)11-6-4-3-5-7-11/h3-7,12-14,16H,2,8-10H2,1H3. The molecule has 1 saturated heterocycles. The smallest absolute Gasteiger partial charge is 0.150 e. The first-order valence-electron chi connectivity index (χ1n) is 7.13. The van der Waals surface area contributed by atoms with Crippen molar-refractivity contribution < 1.29 is 4.79 Å². The van der Waals surface area contributed by atoms with Gasteiger partial charge in [-0.3, -0.25) is 4.79 Å². The summed E-state index contributed by atoms with van der Waals surface area (Å²) in [6.45, 7) is 2.21. The first kappa shape index (κ1) is 13.6. The van der Waals surface area contributed by atoms with Crippen LogP contribution in [0.25, 0.3) is 0 Å². The van der Waals surface area contributed by atoms with Crippen molar-refractivity contribution in [3.05, 3.63) is 35.9 Å². The van der Waals surface area contributed by atoms with Gasteiger partial charge >= 0.3 is 0 Å². The van der Waals surface area contributed by atoms with Crippen LogP contribution in [0.1, 0.15) is 31.2 Å². The molecular formula is C16H20OS2. The summed E-state index contributed by atoms with van der Waals surface area (Å²) in [5.74, 6) is 3.67. The van der Waals surface area contributed by atoms with Gasteiger partial charge in [-0.1, -0.05) is 37.3 Å². The van der Waals surface area contributed by atoms with Gasteiger partial charge in [0.2, 0.25) is 0 Å². The largest absolute Gasteiger partial charge is 0.298 e. The summed E-state index contributed by atoms with van der Waals surface area (Å²) in [6.07, 6.45) is 2.19. The molecule has 0 bridgehead atoms. The number of hydrogen-bond acceptors (Lipinski definition) is 3. The fourth-order valence-electron chi connectivity index (χ4n) is 2.96. The highest BCUT2D eigenvalue weighted by atomic mass is 32.2. The Labute approximate surface area is 123 Å². The van der Waals surface area contributed by atoms with Gasteiger partial charge in [-0.25, -0.2) is 0 Å². The SMILES string of the molecule is CCC1SCCSC1C(=O)C1CC1c1ccccc1. The van der Waals surface area contributed by atoms with E-state index in [1.807, 2.05) is 29.6 Å². The molecule has 0 aromatic heterocycles. The number of hydrogen-bond donors (Lipinski definition) is 0. The molecule has 1 aromatic rings. The van der Waals surface area contributed by atoms with Crippen molar-refractivity contribution in [3.8, 4) is 0 Å². The Kier molecular flexibility index (Phi) is 4.23. The Balaban J connectivity index is 1.66. The lowest BCUT2D eigenvalue weighted by molar-refractivity contribution is -0.119. The van der Waals surface area contributed by atoms with Gasteiger partial charge in [0, 0.05) is 22.7 Å². The Morgan fingerprint density at radius 2 is 1.95 bits per heavy atom. The summed E-state index contributed by atoms with van der Waals surface area (Å²) in [5, 5.41) is 0.797. The van der Waals surface area contributed by atoms with Gasteiger partial charge in [0.05, 0.1) is 5.25 Å². The van der Waals surface area contributed by atoms with Crippen molar-refractivity contribution in [2.45, 2.75) is 36.2 Å². The third-order valence-electron chi connectivity index (χ3n) is 4.12. The maximum absolute atomic E-state index is 12.7. The molecule has 1 saturated carbocycles. The van der Waals surface area contributed by atoms with Crippen molar-refractivity contribution in [2.75, 3.05) is 11.5 Å². The minimum Gasteiger partial charge on any atom is -0.298 e. The van der Waals surface area contributed by atoms with Gasteiger partial charge in [-0.05, 0) is 24.3 Å². The topological polar surface area (TPSA) is 17.1 Å². The van der Waals surface area contributed by atoms with Crippen LogP contribution in [0.3, 0.4) is 0 Å². The van der Waals surface area contributed by atoms with Crippen molar-refractivity contribution in [1.82, 2.24) is 0 Å². The number of carbonyl (C=O) groups is 1. The Hall–Kier alpha value is -0.410. The van der Waals surface area contributed by atoms with E-state index < -0.39 is 0 Å². The zero-order chi connectivity index (χ0) is 13.2. The van der Waals surface area contributed by atoms with Crippen LogP contribution in [0.5, 0.6) is 0 Å². The Morgan fingerprint density at radius 1 is 1.21 bits per heavy atom. The summed E-state index contributed by atoms with van der Waals surface area (Å²) in [7, 11) is 0. The predicted molar refractivity (Wildman–Crippen MR) is 85.1 cm³/mol. The van der Waals surface area contributed by atoms with Gasteiger partial charge in [-0.15, -0.1) is 11.8 Å². The van der Waals surface area contributed by atoms with Gasteiger partial charge in [0.15, 0.2) is 5.78 Å². The van der Waals surface area contributed by atoms with E-state index in [1.165, 1.54) is 11.3 Å². The van der Waals surface area contributed by atoms with E-state index in [1.54, 1.807) is 0 Å². The van der Waals surface area contributed by atoms with Crippen molar-refractivity contribution >= 4 is 29.3 Å². The van der Waals surface area contributed by atoms with E-state index in [0.29, 0.717) is 22.9 Å². The second-order valence-electron chi connectivity index (χ2n) is 5.37. The van der Waals surface area contributed by atoms with E-state index in [-0.39, 0.29) is 5.25 Å². The van der Waals surface area contributed by atoms with Crippen LogP contribution in [0.15, 0.2) is 30.3 Å². The molecule has 1 aromatic carbocycles. The third-order valence-corrected chi connectivity index (χ3v) is 7.38. The van der Waals surface area contributed by atoms with Crippen molar-refractivity contribution in [1.29, 1.82) is 0 Å². The molecule has 4 unspecified atom stereocenters. The van der Waals surface area contributed by atoms with Crippen molar-refractivity contribution in [2.24, 2.45) is 5.92 Å². The highest BCUT2D eigenvalue weighted by Gasteiger charge is 2.47. The number of rotatable bonds is 4. The number of thioether (sulfide) groups is 2. The molecule has 0 N–H and O–H groups in total. The summed E-state index contributed by atoms with van der Waals surface area (Å²) in [4.78, 5) is 12.7. The van der Waals surface area contributed by atoms with Gasteiger partial charge in [-0.2, -0.15) is 11.8 Å². The molecule has 19 heavy (non-hydrogen) atoms. The first-order valence-corrected chi connectivity index (χ1v) is 9.23. The van der Waals surface area contributed by atoms with Gasteiger partial charge in [0.1, 0.15) is 0 Å². The van der Waals surface area contributed by atoms with Crippen LogP contribution < -0.4 is 0 Å². The van der Waals surface area contributed by atoms with Gasteiger partial charge in [0.25, 0.3) is 0 Å². The summed E-state index contributed by atoms with van der Waals surface area (Å²) < 4.78 is 0. The summed E-state index contributed by atoms with van der Waals surface area (Å²) in [5.41, 5.74) is 1.35. The maximum Gasteiger partial charge on any atom is 0.150 e. The maximum atomic E-state index is 12.7. The lowest BCUT2D eigenvalue weighted by atomic mass is 10.0. The molecular weight excluding hydrogens is 272 g/mol. The number of carbonyl (C=O) groups excluding carboxylic acids is 1. The molecule has 2 fully saturated rings. The summed E-state index contributed by atoms with van der Waals surface area (Å²) >= 11 is 3.90. The molecule has 4 atom stereocenters. The van der Waals surface area contributed by atoms with Crippen LogP contribution in [0, 0.1) is 5.92 Å². The zero-order valence-corrected chi connectivity index (χ0v) is 12.9.